The molecule has 0 amide bonds. The number of nitrogens with one attached hydrogen (secondary N) is 1. The van der Waals surface area contributed by atoms with Crippen molar-refractivity contribution in [1.82, 2.24) is 5.32 Å². The van der Waals surface area contributed by atoms with Crippen LogP contribution < -0.4 is 5.32 Å². The molecule has 0 saturated heterocycles. The SMILES string of the molecule is CCCCCCCCOC1CC(NCC)C1OCC. The lowest BCUT2D eigenvalue weighted by Crippen LogP contribution is -2.60. The van der Waals surface area contributed by atoms with Crippen molar-refractivity contribution < 1.29 is 9.47 Å². The molecule has 0 radical (unpaired) electrons. The first-order valence-corrected chi connectivity index (χ1v) is 8.30. The van der Waals surface area contributed by atoms with Gasteiger partial charge in [-0.1, -0.05) is 46.0 Å². The lowest BCUT2D eigenvalue weighted by atomic mass is 9.85. The summed E-state index contributed by atoms with van der Waals surface area (Å²) in [6.07, 6.45) is 9.63. The van der Waals surface area contributed by atoms with Crippen LogP contribution >= 0.6 is 0 Å². The van der Waals surface area contributed by atoms with E-state index in [2.05, 4.69) is 26.1 Å². The van der Waals surface area contributed by atoms with Crippen molar-refractivity contribution in [1.29, 1.82) is 0 Å². The summed E-state index contributed by atoms with van der Waals surface area (Å²) in [4.78, 5) is 0. The van der Waals surface area contributed by atoms with Crippen LogP contribution in [0.5, 0.6) is 0 Å². The summed E-state index contributed by atoms with van der Waals surface area (Å²) in [7, 11) is 0. The van der Waals surface area contributed by atoms with E-state index in [9.17, 15) is 0 Å². The van der Waals surface area contributed by atoms with Gasteiger partial charge in [0.1, 0.15) is 0 Å². The van der Waals surface area contributed by atoms with Crippen molar-refractivity contribution in [2.75, 3.05) is 19.8 Å². The lowest BCUT2D eigenvalue weighted by Gasteiger charge is -2.44. The Bertz CT molecular complexity index is 211. The van der Waals surface area contributed by atoms with Crippen molar-refractivity contribution >= 4 is 0 Å². The quantitative estimate of drug-likeness (QED) is 0.551. The predicted octanol–water partition coefficient (Wildman–Crippen LogP) is 3.52. The molecule has 3 heteroatoms. The van der Waals surface area contributed by atoms with Crippen LogP contribution in [0.4, 0.5) is 0 Å². The highest BCUT2D eigenvalue weighted by atomic mass is 16.5. The zero-order valence-corrected chi connectivity index (χ0v) is 13.1. The minimum Gasteiger partial charge on any atom is -0.375 e. The Balaban J connectivity index is 2.02. The Labute approximate surface area is 119 Å². The van der Waals surface area contributed by atoms with Gasteiger partial charge in [-0.25, -0.2) is 0 Å². The molecule has 0 spiro atoms. The van der Waals surface area contributed by atoms with E-state index in [1.807, 2.05) is 0 Å². The molecule has 3 atom stereocenters. The second-order valence-electron chi connectivity index (χ2n) is 5.50. The highest BCUT2D eigenvalue weighted by molar-refractivity contribution is 4.97. The molecular formula is C16H33NO2. The zero-order valence-electron chi connectivity index (χ0n) is 13.1. The number of hydrogen-bond acceptors (Lipinski definition) is 3. The van der Waals surface area contributed by atoms with E-state index in [1.54, 1.807) is 0 Å². The van der Waals surface area contributed by atoms with Crippen LogP contribution in [0.3, 0.4) is 0 Å². The van der Waals surface area contributed by atoms with Crippen molar-refractivity contribution in [3.8, 4) is 0 Å². The maximum absolute atomic E-state index is 5.96. The van der Waals surface area contributed by atoms with Gasteiger partial charge in [0.05, 0.1) is 12.2 Å². The first-order chi connectivity index (χ1) is 9.33. The van der Waals surface area contributed by atoms with Gasteiger partial charge in [-0.2, -0.15) is 0 Å². The van der Waals surface area contributed by atoms with Gasteiger partial charge in [0.25, 0.3) is 0 Å². The third-order valence-electron chi connectivity index (χ3n) is 3.90. The van der Waals surface area contributed by atoms with E-state index in [0.29, 0.717) is 12.1 Å². The summed E-state index contributed by atoms with van der Waals surface area (Å²) >= 11 is 0. The van der Waals surface area contributed by atoms with Crippen molar-refractivity contribution in [2.24, 2.45) is 0 Å². The van der Waals surface area contributed by atoms with Crippen molar-refractivity contribution in [3.63, 3.8) is 0 Å². The Morgan fingerprint density at radius 3 is 2.37 bits per heavy atom. The normalized spacial score (nSPS) is 26.4. The van der Waals surface area contributed by atoms with Gasteiger partial charge in [0, 0.05) is 19.3 Å². The summed E-state index contributed by atoms with van der Waals surface area (Å²) in [5.41, 5.74) is 0. The monoisotopic (exact) mass is 271 g/mol. The van der Waals surface area contributed by atoms with Gasteiger partial charge in [-0.05, 0) is 26.3 Å². The summed E-state index contributed by atoms with van der Waals surface area (Å²) in [5.74, 6) is 0. The highest BCUT2D eigenvalue weighted by Gasteiger charge is 2.41. The van der Waals surface area contributed by atoms with Crippen LogP contribution in [0, 0.1) is 0 Å². The number of hydrogen-bond donors (Lipinski definition) is 1. The molecule has 1 rings (SSSR count). The van der Waals surface area contributed by atoms with Crippen LogP contribution in [0.2, 0.25) is 0 Å². The standard InChI is InChI=1S/C16H33NO2/c1-4-7-8-9-10-11-12-19-15-13-14(17-5-2)16(15)18-6-3/h14-17H,4-13H2,1-3H3. The molecule has 0 aromatic carbocycles. The summed E-state index contributed by atoms with van der Waals surface area (Å²) in [6, 6.07) is 0.500. The summed E-state index contributed by atoms with van der Waals surface area (Å²) < 4.78 is 11.7. The van der Waals surface area contributed by atoms with E-state index in [4.69, 9.17) is 9.47 Å². The molecule has 1 N–H and O–H groups in total. The van der Waals surface area contributed by atoms with E-state index in [-0.39, 0.29) is 6.10 Å². The van der Waals surface area contributed by atoms with Crippen LogP contribution in [-0.2, 0) is 9.47 Å². The molecular weight excluding hydrogens is 238 g/mol. The fourth-order valence-electron chi connectivity index (χ4n) is 2.74. The zero-order chi connectivity index (χ0) is 13.9. The van der Waals surface area contributed by atoms with E-state index in [1.165, 1.54) is 38.5 Å². The molecule has 114 valence electrons. The molecule has 0 heterocycles. The van der Waals surface area contributed by atoms with Crippen molar-refractivity contribution in [2.45, 2.75) is 84.0 Å². The molecule has 3 nitrogen and oxygen atoms in total. The molecule has 1 saturated carbocycles. The van der Waals surface area contributed by atoms with Crippen LogP contribution in [-0.4, -0.2) is 38.0 Å². The van der Waals surface area contributed by atoms with Crippen LogP contribution in [0.15, 0.2) is 0 Å². The van der Waals surface area contributed by atoms with Gasteiger partial charge < -0.3 is 14.8 Å². The Hall–Kier alpha value is -0.120. The molecule has 1 aliphatic carbocycles. The molecule has 3 unspecified atom stereocenters. The molecule has 0 aromatic heterocycles. The minimum atomic E-state index is 0.269. The fraction of sp³-hybridized carbons (Fsp3) is 1.00. The first-order valence-electron chi connectivity index (χ1n) is 8.30. The Morgan fingerprint density at radius 1 is 0.947 bits per heavy atom. The molecule has 0 aliphatic heterocycles. The maximum Gasteiger partial charge on any atom is 0.0990 e. The molecule has 0 aromatic rings. The van der Waals surface area contributed by atoms with Gasteiger partial charge in [0.2, 0.25) is 0 Å². The average molecular weight is 271 g/mol. The predicted molar refractivity (Wildman–Crippen MR) is 80.6 cm³/mol. The van der Waals surface area contributed by atoms with E-state index >= 15 is 0 Å². The second kappa shape index (κ2) is 10.6. The number of unbranched alkanes of at least 4 members (excludes halogenated alkanes) is 5. The molecule has 1 fully saturated rings. The minimum absolute atomic E-state index is 0.269. The van der Waals surface area contributed by atoms with E-state index in [0.717, 1.165) is 26.2 Å². The van der Waals surface area contributed by atoms with Gasteiger partial charge >= 0.3 is 0 Å². The largest absolute Gasteiger partial charge is 0.375 e. The Morgan fingerprint density at radius 2 is 1.68 bits per heavy atom. The summed E-state index contributed by atoms with van der Waals surface area (Å²) in [6.45, 7) is 9.16. The van der Waals surface area contributed by atoms with Gasteiger partial charge in [0.15, 0.2) is 0 Å². The maximum atomic E-state index is 5.96. The Kier molecular flexibility index (Phi) is 9.48. The third-order valence-corrected chi connectivity index (χ3v) is 3.90. The smallest absolute Gasteiger partial charge is 0.0990 e. The van der Waals surface area contributed by atoms with E-state index < -0.39 is 0 Å². The molecule has 1 aliphatic rings. The second-order valence-corrected chi connectivity index (χ2v) is 5.50. The summed E-state index contributed by atoms with van der Waals surface area (Å²) in [5, 5.41) is 3.47. The van der Waals surface area contributed by atoms with Crippen LogP contribution in [0.25, 0.3) is 0 Å². The van der Waals surface area contributed by atoms with Crippen molar-refractivity contribution in [3.05, 3.63) is 0 Å². The van der Waals surface area contributed by atoms with Crippen LogP contribution in [0.1, 0.15) is 65.7 Å². The van der Waals surface area contributed by atoms with Gasteiger partial charge in [-0.15, -0.1) is 0 Å². The lowest BCUT2D eigenvalue weighted by molar-refractivity contribution is -0.145. The third kappa shape index (κ3) is 6.24. The average Bonchev–Trinajstić information content (AvgIpc) is 2.41. The highest BCUT2D eigenvalue weighted by Crippen LogP contribution is 2.27. The number of likely N-dealkylation sites (N-methyl/N-ethyl adjacent to an activating group) is 1. The topological polar surface area (TPSA) is 30.5 Å². The van der Waals surface area contributed by atoms with Gasteiger partial charge in [-0.3, -0.25) is 0 Å². The fourth-order valence-corrected chi connectivity index (χ4v) is 2.74. The number of rotatable bonds is 12. The molecule has 0 bridgehead atoms. The number of ether oxygens (including phenoxy) is 2. The first kappa shape index (κ1) is 16.9. The molecule has 19 heavy (non-hydrogen) atoms.